The van der Waals surface area contributed by atoms with Crippen LogP contribution < -0.4 is 0 Å². The van der Waals surface area contributed by atoms with Crippen LogP contribution in [-0.4, -0.2) is 9.78 Å². The molecule has 1 aromatic carbocycles. The van der Waals surface area contributed by atoms with Crippen molar-refractivity contribution in [2.45, 2.75) is 32.5 Å². The van der Waals surface area contributed by atoms with E-state index in [-0.39, 0.29) is 0 Å². The molecule has 2 rings (SSSR count). The van der Waals surface area contributed by atoms with Crippen LogP contribution in [0, 0.1) is 0 Å². The van der Waals surface area contributed by atoms with E-state index in [1.54, 1.807) is 45.0 Å². The van der Waals surface area contributed by atoms with E-state index in [4.69, 9.17) is 0 Å². The predicted molar refractivity (Wildman–Crippen MR) is 75.4 cm³/mol. The molecule has 0 N–H and O–H groups in total. The first-order valence-electron chi connectivity index (χ1n) is 6.03. The van der Waals surface area contributed by atoms with Crippen molar-refractivity contribution < 1.29 is 13.2 Å². The molecule has 0 spiro atoms. The van der Waals surface area contributed by atoms with E-state index in [0.29, 0.717) is 11.3 Å². The molecule has 0 fully saturated rings. The Morgan fingerprint density at radius 1 is 1.05 bits per heavy atom. The zero-order chi connectivity index (χ0) is 15.1. The zero-order valence-corrected chi connectivity index (χ0v) is 12.9. The van der Waals surface area contributed by atoms with E-state index >= 15 is 0 Å². The molecule has 0 bridgehead atoms. The molecule has 2 aromatic rings. The Morgan fingerprint density at radius 2 is 1.60 bits per heavy atom. The largest absolute Gasteiger partial charge is 0.433 e. The Morgan fingerprint density at radius 3 is 2.00 bits per heavy atom. The van der Waals surface area contributed by atoms with Crippen molar-refractivity contribution >= 4 is 15.9 Å². The van der Waals surface area contributed by atoms with Crippen LogP contribution in [0.15, 0.2) is 34.8 Å². The molecule has 0 aliphatic rings. The molecule has 1 aromatic heterocycles. The smallest absolute Gasteiger partial charge is 0.255 e. The molecule has 0 aliphatic carbocycles. The quantitative estimate of drug-likeness (QED) is 0.703. The first kappa shape index (κ1) is 15.1. The van der Waals surface area contributed by atoms with Gasteiger partial charge in [-0.15, -0.1) is 0 Å². The molecule has 0 amide bonds. The minimum absolute atomic E-state index is 0.319. The van der Waals surface area contributed by atoms with E-state index in [1.807, 2.05) is 0 Å². The third-order valence-corrected chi connectivity index (χ3v) is 3.30. The first-order valence-corrected chi connectivity index (χ1v) is 6.82. The van der Waals surface area contributed by atoms with Crippen LogP contribution in [0.2, 0.25) is 0 Å². The normalized spacial score (nSPS) is 12.8. The number of hydrogen-bond donors (Lipinski definition) is 0. The number of benzene rings is 1. The van der Waals surface area contributed by atoms with E-state index in [9.17, 15) is 13.2 Å². The molecular weight excluding hydrogens is 333 g/mol. The van der Waals surface area contributed by atoms with Crippen LogP contribution in [0.3, 0.4) is 0 Å². The van der Waals surface area contributed by atoms with Crippen LogP contribution in [0.1, 0.15) is 26.5 Å². The highest BCUT2D eigenvalue weighted by atomic mass is 79.9. The fraction of sp³-hybridized carbons (Fsp3) is 0.357. The van der Waals surface area contributed by atoms with Gasteiger partial charge in [0.25, 0.3) is 0 Å². The Bertz CT molecular complexity index is 575. The minimum Gasteiger partial charge on any atom is -0.255 e. The van der Waals surface area contributed by atoms with Gasteiger partial charge in [0.2, 0.25) is 0 Å². The lowest BCUT2D eigenvalue weighted by Gasteiger charge is -2.23. The van der Waals surface area contributed by atoms with Crippen molar-refractivity contribution in [1.29, 1.82) is 0 Å². The molecule has 108 valence electrons. The molecule has 0 radical (unpaired) electrons. The monoisotopic (exact) mass is 346 g/mol. The standard InChI is InChI=1S/C14H14BrF3N2/c1-13(2,3)20-12(14(16,17)18)8-11(19-20)9-4-6-10(15)7-5-9/h4-8H,1-3H3. The fourth-order valence-electron chi connectivity index (χ4n) is 1.86. The number of hydrogen-bond acceptors (Lipinski definition) is 1. The summed E-state index contributed by atoms with van der Waals surface area (Å²) in [5.74, 6) is 0. The highest BCUT2D eigenvalue weighted by Crippen LogP contribution is 2.35. The minimum atomic E-state index is -4.42. The number of halogens is 4. The van der Waals surface area contributed by atoms with Gasteiger partial charge in [0, 0.05) is 10.0 Å². The van der Waals surface area contributed by atoms with Gasteiger partial charge in [-0.25, -0.2) is 0 Å². The third kappa shape index (κ3) is 3.06. The second-order valence-corrected chi connectivity index (χ2v) is 6.42. The molecule has 0 unspecified atom stereocenters. The molecule has 0 saturated heterocycles. The summed E-state index contributed by atoms with van der Waals surface area (Å²) >= 11 is 3.30. The molecule has 1 heterocycles. The molecule has 6 heteroatoms. The van der Waals surface area contributed by atoms with Crippen LogP contribution in [-0.2, 0) is 11.7 Å². The lowest BCUT2D eigenvalue weighted by Crippen LogP contribution is -2.28. The lowest BCUT2D eigenvalue weighted by molar-refractivity contribution is -0.146. The topological polar surface area (TPSA) is 17.8 Å². The van der Waals surface area contributed by atoms with Crippen LogP contribution >= 0.6 is 15.9 Å². The summed E-state index contributed by atoms with van der Waals surface area (Å²) in [7, 11) is 0. The van der Waals surface area contributed by atoms with Gasteiger partial charge in [-0.2, -0.15) is 18.3 Å². The van der Waals surface area contributed by atoms with Gasteiger partial charge in [0.1, 0.15) is 5.69 Å². The summed E-state index contributed by atoms with van der Waals surface area (Å²) in [6, 6.07) is 8.12. The third-order valence-electron chi connectivity index (χ3n) is 2.78. The molecular formula is C14H14BrF3N2. The maximum Gasteiger partial charge on any atom is 0.433 e. The Labute approximate surface area is 123 Å². The predicted octanol–water partition coefficient (Wildman–Crippen LogP) is 5.09. The summed E-state index contributed by atoms with van der Waals surface area (Å²) in [6.07, 6.45) is -4.42. The summed E-state index contributed by atoms with van der Waals surface area (Å²) in [4.78, 5) is 0. The van der Waals surface area contributed by atoms with Crippen LogP contribution in [0.5, 0.6) is 0 Å². The number of rotatable bonds is 1. The Balaban J connectivity index is 2.57. The second kappa shape index (κ2) is 4.91. The van der Waals surface area contributed by atoms with Gasteiger partial charge in [-0.1, -0.05) is 28.1 Å². The van der Waals surface area contributed by atoms with Gasteiger partial charge in [-0.3, -0.25) is 4.68 Å². The number of nitrogens with zero attached hydrogens (tertiary/aromatic N) is 2. The second-order valence-electron chi connectivity index (χ2n) is 5.50. The Hall–Kier alpha value is -1.30. The van der Waals surface area contributed by atoms with Crippen molar-refractivity contribution in [1.82, 2.24) is 9.78 Å². The van der Waals surface area contributed by atoms with Crippen LogP contribution in [0.4, 0.5) is 13.2 Å². The Kier molecular flexibility index (Phi) is 3.71. The summed E-state index contributed by atoms with van der Waals surface area (Å²) < 4.78 is 41.2. The van der Waals surface area contributed by atoms with Gasteiger partial charge in [0.05, 0.1) is 11.2 Å². The molecule has 0 saturated carbocycles. The molecule has 0 atom stereocenters. The van der Waals surface area contributed by atoms with Gasteiger partial charge >= 0.3 is 6.18 Å². The number of alkyl halides is 3. The lowest BCUT2D eigenvalue weighted by atomic mass is 10.1. The van der Waals surface area contributed by atoms with Crippen molar-refractivity contribution in [3.05, 3.63) is 40.5 Å². The van der Waals surface area contributed by atoms with Gasteiger partial charge < -0.3 is 0 Å². The average molecular weight is 347 g/mol. The highest BCUT2D eigenvalue weighted by molar-refractivity contribution is 9.10. The fourth-order valence-corrected chi connectivity index (χ4v) is 2.12. The first-order chi connectivity index (χ1) is 9.09. The van der Waals surface area contributed by atoms with E-state index in [0.717, 1.165) is 15.2 Å². The number of aromatic nitrogens is 2. The SMILES string of the molecule is CC(C)(C)n1nc(-c2ccc(Br)cc2)cc1C(F)(F)F. The van der Waals surface area contributed by atoms with Crippen molar-refractivity contribution in [2.24, 2.45) is 0 Å². The summed E-state index contributed by atoms with van der Waals surface area (Å²) in [6.45, 7) is 5.09. The van der Waals surface area contributed by atoms with Crippen molar-refractivity contribution in [3.8, 4) is 11.3 Å². The van der Waals surface area contributed by atoms with E-state index in [2.05, 4.69) is 21.0 Å². The summed E-state index contributed by atoms with van der Waals surface area (Å²) in [5, 5.41) is 4.13. The maximum atomic E-state index is 13.1. The average Bonchev–Trinajstić information content (AvgIpc) is 2.74. The van der Waals surface area contributed by atoms with Gasteiger partial charge in [0.15, 0.2) is 0 Å². The molecule has 2 nitrogen and oxygen atoms in total. The van der Waals surface area contributed by atoms with Crippen LogP contribution in [0.25, 0.3) is 11.3 Å². The van der Waals surface area contributed by atoms with Crippen molar-refractivity contribution in [2.75, 3.05) is 0 Å². The zero-order valence-electron chi connectivity index (χ0n) is 11.3. The van der Waals surface area contributed by atoms with E-state index in [1.165, 1.54) is 0 Å². The highest BCUT2D eigenvalue weighted by Gasteiger charge is 2.38. The molecule has 20 heavy (non-hydrogen) atoms. The van der Waals surface area contributed by atoms with E-state index < -0.39 is 17.4 Å². The van der Waals surface area contributed by atoms with Crippen molar-refractivity contribution in [3.63, 3.8) is 0 Å². The molecule has 0 aliphatic heterocycles. The summed E-state index contributed by atoms with van der Waals surface area (Å²) in [5.41, 5.74) is -0.497. The van der Waals surface area contributed by atoms with Gasteiger partial charge in [-0.05, 0) is 39.0 Å². The maximum absolute atomic E-state index is 13.1.